The molecule has 1 heterocycles. The Kier molecular flexibility index (Phi) is 6.31. The van der Waals surface area contributed by atoms with Gasteiger partial charge in [-0.05, 0) is 73.6 Å². The van der Waals surface area contributed by atoms with Crippen LogP contribution in [0.3, 0.4) is 0 Å². The molecule has 0 amide bonds. The summed E-state index contributed by atoms with van der Waals surface area (Å²) in [6, 6.07) is 5.35. The first-order valence-corrected chi connectivity index (χ1v) is 11.6. The van der Waals surface area contributed by atoms with Crippen molar-refractivity contribution in [2.45, 2.75) is 50.4 Å². The normalized spacial score (nSPS) is 23.5. The Balaban J connectivity index is 1.22. The number of aromatic carboxylic acids is 1. The van der Waals surface area contributed by atoms with Crippen molar-refractivity contribution in [3.63, 3.8) is 0 Å². The average molecular weight is 443 g/mol. The Morgan fingerprint density at radius 1 is 1.35 bits per heavy atom. The molecule has 164 valence electrons. The first-order valence-electron chi connectivity index (χ1n) is 10.7. The van der Waals surface area contributed by atoms with Gasteiger partial charge >= 0.3 is 5.97 Å². The van der Waals surface area contributed by atoms with Crippen LogP contribution in [0.25, 0.3) is 0 Å². The predicted molar refractivity (Wildman–Crippen MR) is 118 cm³/mol. The first-order chi connectivity index (χ1) is 15.0. The Morgan fingerprint density at radius 3 is 2.87 bits per heavy atom. The standard InChI is InChI=1S/C24H27FN2O3S/c1-2-3-4-9-26-15-23-12-24(13-23,14-23)17-7-8-19(18(25)11-17)30-10-5-6-20-21(22(28)29)27-16-31-20/h1,7-8,11,16,26H,3-6,9-10,12-15H2,(H,28,29). The fourth-order valence-electron chi connectivity index (χ4n) is 5.15. The molecule has 1 aromatic carbocycles. The molecule has 0 unspecified atom stereocenters. The lowest BCUT2D eigenvalue weighted by molar-refractivity contribution is -0.137. The van der Waals surface area contributed by atoms with Crippen molar-refractivity contribution in [2.75, 3.05) is 19.7 Å². The van der Waals surface area contributed by atoms with E-state index in [2.05, 4.69) is 16.2 Å². The summed E-state index contributed by atoms with van der Waals surface area (Å²) < 4.78 is 20.2. The molecule has 1 aromatic heterocycles. The second-order valence-corrected chi connectivity index (χ2v) is 9.76. The van der Waals surface area contributed by atoms with Gasteiger partial charge in [-0.3, -0.25) is 0 Å². The lowest BCUT2D eigenvalue weighted by atomic mass is 9.33. The molecule has 0 spiro atoms. The molecular formula is C24H27FN2O3S. The minimum atomic E-state index is -1.02. The molecule has 5 nitrogen and oxygen atoms in total. The van der Waals surface area contributed by atoms with Crippen LogP contribution >= 0.6 is 11.3 Å². The summed E-state index contributed by atoms with van der Waals surface area (Å²) in [5, 5.41) is 12.6. The molecule has 2 bridgehead atoms. The Labute approximate surface area is 186 Å². The van der Waals surface area contributed by atoms with Crippen LogP contribution in [0.4, 0.5) is 4.39 Å². The number of aromatic nitrogens is 1. The SMILES string of the molecule is C#CCCCNCC12CC(c3ccc(OCCCc4scnc4C(=O)O)c(F)c3)(C1)C2. The zero-order valence-corrected chi connectivity index (χ0v) is 18.3. The van der Waals surface area contributed by atoms with E-state index in [1.165, 1.54) is 16.8 Å². The number of carbonyl (C=O) groups is 1. The van der Waals surface area contributed by atoms with Crippen molar-refractivity contribution >= 4 is 17.3 Å². The van der Waals surface area contributed by atoms with Crippen LogP contribution in [0.1, 0.15) is 59.5 Å². The highest BCUT2D eigenvalue weighted by atomic mass is 32.1. The van der Waals surface area contributed by atoms with E-state index in [1.54, 1.807) is 12.1 Å². The summed E-state index contributed by atoms with van der Waals surface area (Å²) in [6.07, 6.45) is 11.6. The van der Waals surface area contributed by atoms with E-state index in [0.717, 1.165) is 55.6 Å². The maximum atomic E-state index is 14.6. The number of ether oxygens (including phenoxy) is 1. The number of aryl methyl sites for hydroxylation is 1. The Hall–Kier alpha value is -2.43. The van der Waals surface area contributed by atoms with Gasteiger partial charge in [0.25, 0.3) is 0 Å². The zero-order chi connectivity index (χ0) is 21.9. The average Bonchev–Trinajstić information content (AvgIpc) is 3.15. The molecule has 0 aliphatic heterocycles. The van der Waals surface area contributed by atoms with Crippen molar-refractivity contribution in [3.8, 4) is 18.1 Å². The number of benzene rings is 1. The number of carboxylic acids is 1. The molecule has 3 fully saturated rings. The second-order valence-electron chi connectivity index (χ2n) is 8.82. The van der Waals surface area contributed by atoms with Crippen LogP contribution in [0.5, 0.6) is 5.75 Å². The van der Waals surface area contributed by atoms with Crippen LogP contribution in [0.2, 0.25) is 0 Å². The summed E-state index contributed by atoms with van der Waals surface area (Å²) in [7, 11) is 0. The number of hydrogen-bond donors (Lipinski definition) is 2. The highest BCUT2D eigenvalue weighted by molar-refractivity contribution is 7.09. The third-order valence-corrected chi connectivity index (χ3v) is 7.40. The van der Waals surface area contributed by atoms with Crippen LogP contribution in [-0.4, -0.2) is 35.8 Å². The van der Waals surface area contributed by atoms with Gasteiger partial charge in [-0.15, -0.1) is 23.7 Å². The number of carboxylic acid groups (broad SMARTS) is 1. The summed E-state index contributed by atoms with van der Waals surface area (Å²) in [5.74, 6) is 1.57. The van der Waals surface area contributed by atoms with E-state index in [9.17, 15) is 9.18 Å². The molecular weight excluding hydrogens is 415 g/mol. The van der Waals surface area contributed by atoms with Crippen LogP contribution in [0.15, 0.2) is 23.7 Å². The van der Waals surface area contributed by atoms with Gasteiger partial charge in [0.05, 0.1) is 12.1 Å². The van der Waals surface area contributed by atoms with Gasteiger partial charge in [0, 0.05) is 17.8 Å². The molecule has 31 heavy (non-hydrogen) atoms. The van der Waals surface area contributed by atoms with Gasteiger partial charge in [0.15, 0.2) is 17.3 Å². The number of hydrogen-bond acceptors (Lipinski definition) is 5. The van der Waals surface area contributed by atoms with Crippen LogP contribution in [0, 0.1) is 23.6 Å². The van der Waals surface area contributed by atoms with Gasteiger partial charge in [0.1, 0.15) is 0 Å². The van der Waals surface area contributed by atoms with E-state index < -0.39 is 5.97 Å². The fraction of sp³-hybridized carbons (Fsp3) is 0.500. The fourth-order valence-corrected chi connectivity index (χ4v) is 5.94. The summed E-state index contributed by atoms with van der Waals surface area (Å²) >= 11 is 1.32. The van der Waals surface area contributed by atoms with E-state index >= 15 is 0 Å². The molecule has 5 rings (SSSR count). The molecule has 0 atom stereocenters. The number of nitrogens with zero attached hydrogens (tertiary/aromatic N) is 1. The largest absolute Gasteiger partial charge is 0.491 e. The van der Waals surface area contributed by atoms with Crippen molar-refractivity contribution in [3.05, 3.63) is 45.7 Å². The van der Waals surface area contributed by atoms with Crippen molar-refractivity contribution in [1.82, 2.24) is 10.3 Å². The Bertz CT molecular complexity index is 977. The van der Waals surface area contributed by atoms with Crippen LogP contribution in [-0.2, 0) is 11.8 Å². The predicted octanol–water partition coefficient (Wildman–Crippen LogP) is 4.42. The maximum Gasteiger partial charge on any atom is 0.355 e. The lowest BCUT2D eigenvalue weighted by Crippen LogP contribution is -2.67. The topological polar surface area (TPSA) is 71.5 Å². The number of nitrogens with one attached hydrogen (secondary N) is 1. The second kappa shape index (κ2) is 8.97. The minimum absolute atomic E-state index is 0.0969. The monoisotopic (exact) mass is 442 g/mol. The molecule has 3 aliphatic carbocycles. The van der Waals surface area contributed by atoms with E-state index in [4.69, 9.17) is 16.3 Å². The molecule has 2 N–H and O–H groups in total. The van der Waals surface area contributed by atoms with Crippen LogP contribution < -0.4 is 10.1 Å². The molecule has 0 saturated heterocycles. The van der Waals surface area contributed by atoms with Gasteiger partial charge < -0.3 is 15.2 Å². The highest BCUT2D eigenvalue weighted by Crippen LogP contribution is 2.73. The third-order valence-electron chi connectivity index (χ3n) is 6.51. The van der Waals surface area contributed by atoms with Gasteiger partial charge in [-0.25, -0.2) is 14.2 Å². The number of thiazole rings is 1. The maximum absolute atomic E-state index is 14.6. The Morgan fingerprint density at radius 2 is 2.16 bits per heavy atom. The van der Waals surface area contributed by atoms with E-state index in [0.29, 0.717) is 24.9 Å². The number of terminal acetylenes is 1. The quantitative estimate of drug-likeness (QED) is 0.376. The zero-order valence-electron chi connectivity index (χ0n) is 17.5. The number of rotatable bonds is 12. The van der Waals surface area contributed by atoms with E-state index in [1.807, 2.05) is 6.07 Å². The van der Waals surface area contributed by atoms with E-state index in [-0.39, 0.29) is 22.7 Å². The summed E-state index contributed by atoms with van der Waals surface area (Å²) in [5.41, 5.74) is 3.22. The summed E-state index contributed by atoms with van der Waals surface area (Å²) in [4.78, 5) is 15.7. The summed E-state index contributed by atoms with van der Waals surface area (Å²) in [6.45, 7) is 2.30. The van der Waals surface area contributed by atoms with Crippen molar-refractivity contribution < 1.29 is 19.0 Å². The third kappa shape index (κ3) is 4.46. The highest BCUT2D eigenvalue weighted by Gasteiger charge is 2.67. The van der Waals surface area contributed by atoms with Gasteiger partial charge in [-0.2, -0.15) is 0 Å². The molecule has 0 radical (unpaired) electrons. The van der Waals surface area contributed by atoms with Crippen molar-refractivity contribution in [2.24, 2.45) is 5.41 Å². The van der Waals surface area contributed by atoms with Crippen molar-refractivity contribution in [1.29, 1.82) is 0 Å². The lowest BCUT2D eigenvalue weighted by Gasteiger charge is -2.71. The molecule has 7 heteroatoms. The first kappa shape index (κ1) is 21.8. The molecule has 3 aliphatic rings. The minimum Gasteiger partial charge on any atom is -0.491 e. The van der Waals surface area contributed by atoms with Gasteiger partial charge in [0.2, 0.25) is 0 Å². The van der Waals surface area contributed by atoms with Gasteiger partial charge in [-0.1, -0.05) is 6.07 Å². The number of unbranched alkanes of at least 4 members (excludes halogenated alkanes) is 1. The molecule has 2 aromatic rings. The number of halogens is 1. The smallest absolute Gasteiger partial charge is 0.355 e. The molecule has 3 saturated carbocycles.